The molecule has 1 aliphatic carbocycles. The van der Waals surface area contributed by atoms with Crippen LogP contribution in [0.4, 0.5) is 0 Å². The highest BCUT2D eigenvalue weighted by molar-refractivity contribution is 4.71. The van der Waals surface area contributed by atoms with Crippen LogP contribution < -0.4 is 5.90 Å². The molecule has 0 heterocycles. The Morgan fingerprint density at radius 3 is 2.75 bits per heavy atom. The first-order valence-corrected chi connectivity index (χ1v) is 2.83. The summed E-state index contributed by atoms with van der Waals surface area (Å²) in [5.74, 6) is 5.51. The standard InChI is InChI=1S/C5H11NO2/c6-8-4-7-3-5-1-2-5/h5H,1-4,6H2. The van der Waals surface area contributed by atoms with Crippen LogP contribution >= 0.6 is 0 Å². The highest BCUT2D eigenvalue weighted by atomic mass is 16.7. The summed E-state index contributed by atoms with van der Waals surface area (Å²) < 4.78 is 4.96. The minimum atomic E-state index is 0.233. The number of hydrogen-bond acceptors (Lipinski definition) is 3. The van der Waals surface area contributed by atoms with E-state index in [1.54, 1.807) is 0 Å². The van der Waals surface area contributed by atoms with E-state index < -0.39 is 0 Å². The van der Waals surface area contributed by atoms with E-state index in [0.29, 0.717) is 0 Å². The lowest BCUT2D eigenvalue weighted by atomic mass is 10.5. The summed E-state index contributed by atoms with van der Waals surface area (Å²) in [6.45, 7) is 1.05. The van der Waals surface area contributed by atoms with Crippen LogP contribution in [0.1, 0.15) is 12.8 Å². The maximum atomic E-state index is 4.96. The molecule has 0 bridgehead atoms. The maximum absolute atomic E-state index is 4.96. The van der Waals surface area contributed by atoms with Crippen molar-refractivity contribution in [1.29, 1.82) is 0 Å². The zero-order valence-electron chi connectivity index (χ0n) is 4.80. The van der Waals surface area contributed by atoms with Crippen LogP contribution in [0.25, 0.3) is 0 Å². The molecule has 2 N–H and O–H groups in total. The molecule has 8 heavy (non-hydrogen) atoms. The molecule has 1 saturated carbocycles. The molecular weight excluding hydrogens is 106 g/mol. The Morgan fingerprint density at radius 1 is 1.50 bits per heavy atom. The summed E-state index contributed by atoms with van der Waals surface area (Å²) in [4.78, 5) is 4.20. The highest BCUT2D eigenvalue weighted by Gasteiger charge is 2.20. The SMILES string of the molecule is NOCOCC1CC1. The third kappa shape index (κ3) is 2.26. The molecule has 0 aliphatic heterocycles. The van der Waals surface area contributed by atoms with E-state index in [4.69, 9.17) is 10.6 Å². The summed E-state index contributed by atoms with van der Waals surface area (Å²) >= 11 is 0. The van der Waals surface area contributed by atoms with Crippen molar-refractivity contribution in [3.05, 3.63) is 0 Å². The fraction of sp³-hybridized carbons (Fsp3) is 1.00. The predicted octanol–water partition coefficient (Wildman–Crippen LogP) is 0.261. The van der Waals surface area contributed by atoms with Gasteiger partial charge in [-0.05, 0) is 18.8 Å². The van der Waals surface area contributed by atoms with E-state index in [9.17, 15) is 0 Å². The van der Waals surface area contributed by atoms with Crippen LogP contribution in [0.5, 0.6) is 0 Å². The number of rotatable bonds is 4. The Morgan fingerprint density at radius 2 is 2.25 bits per heavy atom. The van der Waals surface area contributed by atoms with Crippen molar-refractivity contribution in [2.24, 2.45) is 11.8 Å². The van der Waals surface area contributed by atoms with Gasteiger partial charge in [-0.15, -0.1) is 0 Å². The lowest BCUT2D eigenvalue weighted by molar-refractivity contribution is -0.0587. The second-order valence-corrected chi connectivity index (χ2v) is 2.10. The Kier molecular flexibility index (Phi) is 2.27. The molecule has 0 amide bonds. The van der Waals surface area contributed by atoms with Crippen LogP contribution in [0.15, 0.2) is 0 Å². The average molecular weight is 117 g/mol. The first-order chi connectivity index (χ1) is 3.93. The topological polar surface area (TPSA) is 44.5 Å². The monoisotopic (exact) mass is 117 g/mol. The summed E-state index contributed by atoms with van der Waals surface area (Å²) in [7, 11) is 0. The molecule has 3 nitrogen and oxygen atoms in total. The van der Waals surface area contributed by atoms with Gasteiger partial charge < -0.3 is 4.74 Å². The molecule has 0 aromatic heterocycles. The van der Waals surface area contributed by atoms with E-state index >= 15 is 0 Å². The quantitative estimate of drug-likeness (QED) is 0.326. The normalized spacial score (nSPS) is 19.1. The first-order valence-electron chi connectivity index (χ1n) is 2.83. The van der Waals surface area contributed by atoms with Gasteiger partial charge in [0.25, 0.3) is 0 Å². The van der Waals surface area contributed by atoms with Crippen LogP contribution in [0, 0.1) is 5.92 Å². The van der Waals surface area contributed by atoms with Crippen LogP contribution in [0.2, 0.25) is 0 Å². The lowest BCUT2D eigenvalue weighted by Crippen LogP contribution is -2.06. The zero-order chi connectivity index (χ0) is 5.82. The van der Waals surface area contributed by atoms with Gasteiger partial charge in [0.2, 0.25) is 0 Å². The lowest BCUT2D eigenvalue weighted by Gasteiger charge is -1.97. The van der Waals surface area contributed by atoms with Gasteiger partial charge in [-0.3, -0.25) is 4.84 Å². The molecule has 0 saturated heterocycles. The largest absolute Gasteiger partial charge is 0.353 e. The van der Waals surface area contributed by atoms with Crippen molar-refractivity contribution in [2.75, 3.05) is 13.4 Å². The molecular formula is C5H11NO2. The van der Waals surface area contributed by atoms with Gasteiger partial charge in [-0.1, -0.05) is 0 Å². The van der Waals surface area contributed by atoms with E-state index in [0.717, 1.165) is 12.5 Å². The van der Waals surface area contributed by atoms with E-state index in [2.05, 4.69) is 4.84 Å². The molecule has 0 atom stereocenters. The van der Waals surface area contributed by atoms with Crippen molar-refractivity contribution in [3.8, 4) is 0 Å². The fourth-order valence-corrected chi connectivity index (χ4v) is 0.547. The van der Waals surface area contributed by atoms with Crippen molar-refractivity contribution >= 4 is 0 Å². The van der Waals surface area contributed by atoms with Crippen molar-refractivity contribution in [1.82, 2.24) is 0 Å². The second-order valence-electron chi connectivity index (χ2n) is 2.10. The van der Waals surface area contributed by atoms with Gasteiger partial charge in [0.1, 0.15) is 0 Å². The second kappa shape index (κ2) is 3.02. The molecule has 0 spiro atoms. The third-order valence-corrected chi connectivity index (χ3v) is 1.20. The molecule has 1 aliphatic rings. The summed E-state index contributed by atoms with van der Waals surface area (Å²) in [5.41, 5.74) is 0. The Hall–Kier alpha value is -0.120. The molecule has 3 heteroatoms. The third-order valence-electron chi connectivity index (χ3n) is 1.20. The fourth-order valence-electron chi connectivity index (χ4n) is 0.547. The molecule has 1 fully saturated rings. The minimum Gasteiger partial charge on any atom is -0.353 e. The average Bonchev–Trinajstić information content (AvgIpc) is 2.51. The Balaban J connectivity index is 1.74. The van der Waals surface area contributed by atoms with Gasteiger partial charge in [-0.25, -0.2) is 5.90 Å². The van der Waals surface area contributed by atoms with Crippen molar-refractivity contribution < 1.29 is 9.57 Å². The Bertz CT molecular complexity index is 63.4. The van der Waals surface area contributed by atoms with Crippen molar-refractivity contribution in [2.45, 2.75) is 12.8 Å². The highest BCUT2D eigenvalue weighted by Crippen LogP contribution is 2.28. The molecule has 1 rings (SSSR count). The maximum Gasteiger partial charge on any atom is 0.166 e. The Labute approximate surface area is 48.7 Å². The summed E-state index contributed by atoms with van der Waals surface area (Å²) in [5, 5.41) is 0. The minimum absolute atomic E-state index is 0.233. The van der Waals surface area contributed by atoms with E-state index in [1.165, 1.54) is 12.8 Å². The number of nitrogens with two attached hydrogens (primary N) is 1. The van der Waals surface area contributed by atoms with Gasteiger partial charge in [0, 0.05) is 0 Å². The number of ether oxygens (including phenoxy) is 1. The molecule has 0 unspecified atom stereocenters. The molecule has 48 valence electrons. The number of hydrogen-bond donors (Lipinski definition) is 1. The van der Waals surface area contributed by atoms with Gasteiger partial charge in [0.15, 0.2) is 6.79 Å². The van der Waals surface area contributed by atoms with Crippen LogP contribution in [0.3, 0.4) is 0 Å². The smallest absolute Gasteiger partial charge is 0.166 e. The van der Waals surface area contributed by atoms with Crippen LogP contribution in [-0.4, -0.2) is 13.4 Å². The molecule has 0 aromatic rings. The zero-order valence-corrected chi connectivity index (χ0v) is 4.80. The summed E-state index contributed by atoms with van der Waals surface area (Å²) in [6.07, 6.45) is 2.62. The van der Waals surface area contributed by atoms with E-state index in [1.807, 2.05) is 0 Å². The van der Waals surface area contributed by atoms with E-state index in [-0.39, 0.29) is 6.79 Å². The molecule has 0 aromatic carbocycles. The van der Waals surface area contributed by atoms with Crippen LogP contribution in [-0.2, 0) is 9.57 Å². The molecule has 0 radical (unpaired) electrons. The van der Waals surface area contributed by atoms with Gasteiger partial charge in [0.05, 0.1) is 6.61 Å². The first kappa shape index (κ1) is 6.01. The summed E-state index contributed by atoms with van der Waals surface area (Å²) in [6, 6.07) is 0. The predicted molar refractivity (Wildman–Crippen MR) is 28.8 cm³/mol. The van der Waals surface area contributed by atoms with Gasteiger partial charge in [-0.2, -0.15) is 0 Å². The van der Waals surface area contributed by atoms with Crippen molar-refractivity contribution in [3.63, 3.8) is 0 Å². The van der Waals surface area contributed by atoms with Gasteiger partial charge >= 0.3 is 0 Å².